The van der Waals surface area contributed by atoms with Gasteiger partial charge in [-0.3, -0.25) is 0 Å². The lowest BCUT2D eigenvalue weighted by Gasteiger charge is -2.34. The molecule has 248 valence electrons. The maximum atomic E-state index is 12.0. The highest BCUT2D eigenvalue weighted by Crippen LogP contribution is 2.39. The monoisotopic (exact) mass is 650 g/mol. The minimum Gasteiger partial charge on any atom is -0.423 e. The molecule has 0 spiro atoms. The Morgan fingerprint density at radius 1 is 0.612 bits per heavy atom. The Morgan fingerprint density at radius 3 is 1.53 bits per heavy atom. The van der Waals surface area contributed by atoms with Gasteiger partial charge in [0.15, 0.2) is 0 Å². The molecular weight excluding hydrogens is 608 g/mol. The molecule has 0 saturated carbocycles. The first kappa shape index (κ1) is 34.5. The molecule has 0 aliphatic heterocycles. The van der Waals surface area contributed by atoms with Gasteiger partial charge >= 0.3 is 11.9 Å². The van der Waals surface area contributed by atoms with Crippen molar-refractivity contribution in [3.05, 3.63) is 164 Å². The van der Waals surface area contributed by atoms with Crippen LogP contribution in [0.25, 0.3) is 0 Å². The van der Waals surface area contributed by atoms with E-state index >= 15 is 0 Å². The number of para-hydroxylation sites is 2. The second-order valence-corrected chi connectivity index (χ2v) is 11.8. The topological polar surface area (TPSA) is 59.1 Å². The SMILES string of the molecule is C=CC(=O)Oc1cccc(N(c2ccc(C(C)CCC(CC)N(c3ccccc3)c3ccccc3)cc2)c2cccc(OC(=O)C=C)c2)c1. The van der Waals surface area contributed by atoms with E-state index in [1.54, 1.807) is 24.3 Å². The van der Waals surface area contributed by atoms with Crippen LogP contribution in [0, 0.1) is 0 Å². The maximum absolute atomic E-state index is 12.0. The van der Waals surface area contributed by atoms with Gasteiger partial charge in [-0.05, 0) is 91.4 Å². The summed E-state index contributed by atoms with van der Waals surface area (Å²) in [4.78, 5) is 28.4. The van der Waals surface area contributed by atoms with E-state index in [0.29, 0.717) is 23.5 Å². The molecule has 2 atom stereocenters. The number of nitrogens with zero attached hydrogens (tertiary/aromatic N) is 2. The van der Waals surface area contributed by atoms with Crippen molar-refractivity contribution >= 4 is 40.4 Å². The lowest BCUT2D eigenvalue weighted by atomic mass is 9.92. The Bertz CT molecular complexity index is 1750. The van der Waals surface area contributed by atoms with Crippen LogP contribution in [0.1, 0.15) is 44.6 Å². The summed E-state index contributed by atoms with van der Waals surface area (Å²) in [7, 11) is 0. The first-order valence-corrected chi connectivity index (χ1v) is 16.6. The fraction of sp³-hybridized carbons (Fsp3) is 0.163. The van der Waals surface area contributed by atoms with E-state index in [9.17, 15) is 9.59 Å². The second-order valence-electron chi connectivity index (χ2n) is 11.8. The Morgan fingerprint density at radius 2 is 1.08 bits per heavy atom. The van der Waals surface area contributed by atoms with Crippen molar-refractivity contribution < 1.29 is 19.1 Å². The quantitative estimate of drug-likeness (QED) is 0.0638. The summed E-state index contributed by atoms with van der Waals surface area (Å²) in [5.74, 6) is 0.0192. The van der Waals surface area contributed by atoms with Gasteiger partial charge in [-0.15, -0.1) is 0 Å². The second kappa shape index (κ2) is 16.8. The lowest BCUT2D eigenvalue weighted by Crippen LogP contribution is -2.31. The molecule has 0 N–H and O–H groups in total. The van der Waals surface area contributed by atoms with Crippen LogP contribution in [0.15, 0.2) is 159 Å². The van der Waals surface area contributed by atoms with Gasteiger partial charge in [-0.25, -0.2) is 9.59 Å². The molecule has 49 heavy (non-hydrogen) atoms. The van der Waals surface area contributed by atoms with Gasteiger partial charge < -0.3 is 19.3 Å². The van der Waals surface area contributed by atoms with Crippen molar-refractivity contribution in [2.45, 2.75) is 45.1 Å². The molecular formula is C43H42N2O4. The molecule has 0 radical (unpaired) electrons. The van der Waals surface area contributed by atoms with Gasteiger partial charge in [-0.2, -0.15) is 0 Å². The molecule has 0 bridgehead atoms. The van der Waals surface area contributed by atoms with Crippen molar-refractivity contribution in [3.63, 3.8) is 0 Å². The smallest absolute Gasteiger partial charge is 0.335 e. The predicted octanol–water partition coefficient (Wildman–Crippen LogP) is 10.8. The summed E-state index contributed by atoms with van der Waals surface area (Å²) in [6.45, 7) is 11.5. The molecule has 6 nitrogen and oxygen atoms in total. The molecule has 0 aliphatic carbocycles. The van der Waals surface area contributed by atoms with Gasteiger partial charge in [0.1, 0.15) is 11.5 Å². The van der Waals surface area contributed by atoms with Crippen LogP contribution < -0.4 is 19.3 Å². The molecule has 0 aromatic heterocycles. The molecule has 0 heterocycles. The first-order chi connectivity index (χ1) is 23.9. The van der Waals surface area contributed by atoms with Crippen LogP contribution in [-0.4, -0.2) is 18.0 Å². The average Bonchev–Trinajstić information content (AvgIpc) is 3.14. The molecule has 0 saturated heterocycles. The van der Waals surface area contributed by atoms with Gasteiger partial charge in [0, 0.05) is 58.8 Å². The maximum Gasteiger partial charge on any atom is 0.335 e. The largest absolute Gasteiger partial charge is 0.423 e. The molecule has 0 aliphatic rings. The number of anilines is 5. The number of hydrogen-bond donors (Lipinski definition) is 0. The summed E-state index contributed by atoms with van der Waals surface area (Å²) in [5, 5.41) is 0. The van der Waals surface area contributed by atoms with E-state index in [-0.39, 0.29) is 0 Å². The van der Waals surface area contributed by atoms with Crippen LogP contribution in [-0.2, 0) is 9.59 Å². The van der Waals surface area contributed by atoms with E-state index in [2.05, 4.69) is 117 Å². The molecule has 2 unspecified atom stereocenters. The molecule has 5 aromatic rings. The van der Waals surface area contributed by atoms with Crippen molar-refractivity contribution in [1.82, 2.24) is 0 Å². The predicted molar refractivity (Wildman–Crippen MR) is 200 cm³/mol. The van der Waals surface area contributed by atoms with Gasteiger partial charge in [0.05, 0.1) is 0 Å². The van der Waals surface area contributed by atoms with Crippen LogP contribution in [0.4, 0.5) is 28.4 Å². The minimum absolute atomic E-state index is 0.327. The highest BCUT2D eigenvalue weighted by atomic mass is 16.5. The van der Waals surface area contributed by atoms with E-state index < -0.39 is 11.9 Å². The highest BCUT2D eigenvalue weighted by molar-refractivity contribution is 5.85. The summed E-state index contributed by atoms with van der Waals surface area (Å²) >= 11 is 0. The summed E-state index contributed by atoms with van der Waals surface area (Å²) < 4.78 is 10.9. The first-order valence-electron chi connectivity index (χ1n) is 16.6. The third kappa shape index (κ3) is 8.93. The molecule has 6 heteroatoms. The van der Waals surface area contributed by atoms with E-state index in [4.69, 9.17) is 9.47 Å². The third-order valence-corrected chi connectivity index (χ3v) is 8.48. The van der Waals surface area contributed by atoms with Crippen molar-refractivity contribution in [3.8, 4) is 11.5 Å². The standard InChI is InChI=1S/C43H42N2O4/c1-5-34(44(35-16-10-8-11-17-35)36-18-12-9-13-19-36)27-24-32(4)33-25-28-37(29-26-33)45(38-20-14-22-40(30-38)48-42(46)6-2)39-21-15-23-41(31-39)49-43(47)7-3/h6-23,25-26,28-32,34H,2-3,5,24,27H2,1,4H3. The van der Waals surface area contributed by atoms with E-state index in [1.165, 1.54) is 16.9 Å². The van der Waals surface area contributed by atoms with Crippen LogP contribution in [0.3, 0.4) is 0 Å². The summed E-state index contributed by atoms with van der Waals surface area (Å²) in [6, 6.07) is 44.6. The highest BCUT2D eigenvalue weighted by Gasteiger charge is 2.21. The molecule has 5 rings (SSSR count). The Labute approximate surface area is 289 Å². The molecule has 5 aromatic carbocycles. The number of rotatable bonds is 15. The van der Waals surface area contributed by atoms with Crippen molar-refractivity contribution in [1.29, 1.82) is 0 Å². The Hall–Kier alpha value is -5.88. The normalized spacial score (nSPS) is 11.9. The van der Waals surface area contributed by atoms with Crippen LogP contribution in [0.5, 0.6) is 11.5 Å². The zero-order chi connectivity index (χ0) is 34.6. The number of esters is 2. The van der Waals surface area contributed by atoms with Gasteiger partial charge in [0.2, 0.25) is 0 Å². The van der Waals surface area contributed by atoms with E-state index in [0.717, 1.165) is 48.5 Å². The van der Waals surface area contributed by atoms with Crippen LogP contribution >= 0.6 is 0 Å². The van der Waals surface area contributed by atoms with Gasteiger partial charge in [-0.1, -0.05) is 87.7 Å². The summed E-state index contributed by atoms with van der Waals surface area (Å²) in [6.07, 6.45) is 5.33. The number of benzene rings is 5. The lowest BCUT2D eigenvalue weighted by molar-refractivity contribution is -0.129. The van der Waals surface area contributed by atoms with E-state index in [1.807, 2.05) is 29.2 Å². The minimum atomic E-state index is -0.540. The number of carbonyl (C=O) groups excluding carboxylic acids is 2. The number of carbonyl (C=O) groups is 2. The molecule has 0 fully saturated rings. The van der Waals surface area contributed by atoms with Crippen LogP contribution in [0.2, 0.25) is 0 Å². The average molecular weight is 651 g/mol. The Balaban J connectivity index is 1.40. The summed E-state index contributed by atoms with van der Waals surface area (Å²) in [5.41, 5.74) is 6.05. The number of ether oxygens (including phenoxy) is 2. The number of hydrogen-bond acceptors (Lipinski definition) is 6. The van der Waals surface area contributed by atoms with Crippen molar-refractivity contribution in [2.75, 3.05) is 9.80 Å². The zero-order valence-corrected chi connectivity index (χ0v) is 28.1. The van der Waals surface area contributed by atoms with Crippen molar-refractivity contribution in [2.24, 2.45) is 0 Å². The fourth-order valence-corrected chi connectivity index (χ4v) is 5.96. The fourth-order valence-electron chi connectivity index (χ4n) is 5.96. The zero-order valence-electron chi connectivity index (χ0n) is 28.1. The van der Waals surface area contributed by atoms with Gasteiger partial charge in [0.25, 0.3) is 0 Å². The molecule has 0 amide bonds. The third-order valence-electron chi connectivity index (χ3n) is 8.48. The Kier molecular flexibility index (Phi) is 11.8.